The second kappa shape index (κ2) is 7.11. The van der Waals surface area contributed by atoms with Gasteiger partial charge in [-0.3, -0.25) is 10.1 Å². The van der Waals surface area contributed by atoms with E-state index in [0.717, 1.165) is 12.1 Å². The van der Waals surface area contributed by atoms with Crippen molar-refractivity contribution < 1.29 is 27.4 Å². The molecule has 0 radical (unpaired) electrons. The number of carbonyl (C=O) groups excluding carboxylic acids is 1. The highest BCUT2D eigenvalue weighted by Gasteiger charge is 2.31. The molecule has 0 fully saturated rings. The normalized spacial score (nSPS) is 13.0. The molecule has 0 heterocycles. The predicted molar refractivity (Wildman–Crippen MR) is 64.9 cm³/mol. The van der Waals surface area contributed by atoms with Crippen molar-refractivity contribution in [1.29, 1.82) is 0 Å². The van der Waals surface area contributed by atoms with Crippen molar-refractivity contribution in [2.45, 2.75) is 12.4 Å². The zero-order valence-electron chi connectivity index (χ0n) is 10.7. The van der Waals surface area contributed by atoms with E-state index in [1.165, 1.54) is 19.2 Å². The highest BCUT2D eigenvalue weighted by Crippen LogP contribution is 2.24. The predicted octanol–water partition coefficient (Wildman–Crippen LogP) is 1.35. The molecule has 0 saturated heterocycles. The fourth-order valence-corrected chi connectivity index (χ4v) is 1.55. The van der Waals surface area contributed by atoms with Crippen molar-refractivity contribution in [2.75, 3.05) is 20.3 Å². The van der Waals surface area contributed by atoms with Crippen LogP contribution in [0.15, 0.2) is 24.3 Å². The van der Waals surface area contributed by atoms with E-state index in [1.54, 1.807) is 0 Å². The van der Waals surface area contributed by atoms with Gasteiger partial charge >= 0.3 is 6.36 Å². The van der Waals surface area contributed by atoms with Gasteiger partial charge in [-0.05, 0) is 17.7 Å². The third-order valence-electron chi connectivity index (χ3n) is 2.39. The van der Waals surface area contributed by atoms with Crippen LogP contribution in [0.3, 0.4) is 0 Å². The zero-order valence-corrected chi connectivity index (χ0v) is 10.7. The maximum absolute atomic E-state index is 12.0. The van der Waals surface area contributed by atoms with Crippen molar-refractivity contribution in [3.05, 3.63) is 29.8 Å². The van der Waals surface area contributed by atoms with Crippen LogP contribution in [0.25, 0.3) is 0 Å². The molecule has 1 rings (SSSR count). The number of alkyl halides is 3. The van der Waals surface area contributed by atoms with E-state index in [1.807, 2.05) is 0 Å². The maximum Gasteiger partial charge on any atom is 0.573 e. The Morgan fingerprint density at radius 3 is 2.40 bits per heavy atom. The summed E-state index contributed by atoms with van der Waals surface area (Å²) in [5, 5.41) is 2.84. The van der Waals surface area contributed by atoms with Gasteiger partial charge in [-0.25, -0.2) is 0 Å². The fourth-order valence-electron chi connectivity index (χ4n) is 1.55. The molecule has 5 nitrogen and oxygen atoms in total. The molecular formula is C12H15F3N2O3. The monoisotopic (exact) mass is 292 g/mol. The molecule has 0 aliphatic heterocycles. The average Bonchev–Trinajstić information content (AvgIpc) is 2.34. The van der Waals surface area contributed by atoms with Gasteiger partial charge in [0.2, 0.25) is 5.91 Å². The molecule has 1 atom stereocenters. The fraction of sp³-hybridized carbons (Fsp3) is 0.417. The van der Waals surface area contributed by atoms with Gasteiger partial charge in [0.1, 0.15) is 11.8 Å². The molecule has 112 valence electrons. The van der Waals surface area contributed by atoms with Gasteiger partial charge in [-0.1, -0.05) is 12.1 Å². The Labute approximate surface area is 113 Å². The third-order valence-corrected chi connectivity index (χ3v) is 2.39. The minimum atomic E-state index is -4.75. The first-order valence-corrected chi connectivity index (χ1v) is 5.71. The smallest absolute Gasteiger partial charge is 0.406 e. The van der Waals surface area contributed by atoms with E-state index in [-0.39, 0.29) is 5.75 Å². The lowest BCUT2D eigenvalue weighted by Gasteiger charge is -2.16. The number of benzene rings is 1. The third kappa shape index (κ3) is 5.45. The number of nitrogens with two attached hydrogens (primary N) is 1. The van der Waals surface area contributed by atoms with Gasteiger partial charge in [-0.2, -0.15) is 0 Å². The Balaban J connectivity index is 2.75. The molecule has 1 aromatic rings. The molecule has 1 amide bonds. The topological polar surface area (TPSA) is 73.6 Å². The number of carbonyl (C=O) groups is 1. The van der Waals surface area contributed by atoms with Crippen molar-refractivity contribution in [1.82, 2.24) is 5.32 Å². The van der Waals surface area contributed by atoms with Crippen LogP contribution in [0.1, 0.15) is 11.6 Å². The minimum absolute atomic E-state index is 0.360. The summed E-state index contributed by atoms with van der Waals surface area (Å²) in [6, 6.07) is 4.13. The van der Waals surface area contributed by atoms with Gasteiger partial charge in [0.25, 0.3) is 0 Å². The van der Waals surface area contributed by atoms with Gasteiger partial charge < -0.3 is 15.2 Å². The summed E-state index contributed by atoms with van der Waals surface area (Å²) in [7, 11) is 1.50. The van der Waals surface area contributed by atoms with Crippen LogP contribution < -0.4 is 15.8 Å². The van der Waals surface area contributed by atoms with Crippen molar-refractivity contribution >= 4 is 5.91 Å². The molecule has 1 aromatic carbocycles. The number of hydrogen-bond donors (Lipinski definition) is 2. The SMILES string of the molecule is COCCNC(C(N)=O)c1ccc(OC(F)(F)F)cc1. The van der Waals surface area contributed by atoms with Gasteiger partial charge in [0, 0.05) is 13.7 Å². The number of halogens is 3. The first-order chi connectivity index (χ1) is 9.33. The van der Waals surface area contributed by atoms with Crippen LogP contribution >= 0.6 is 0 Å². The van der Waals surface area contributed by atoms with E-state index in [2.05, 4.69) is 10.1 Å². The van der Waals surface area contributed by atoms with Crippen LogP contribution in [0, 0.1) is 0 Å². The van der Waals surface area contributed by atoms with Gasteiger partial charge in [-0.15, -0.1) is 13.2 Å². The average molecular weight is 292 g/mol. The summed E-state index contributed by atoms with van der Waals surface area (Å²) in [6.45, 7) is 0.754. The van der Waals surface area contributed by atoms with Crippen LogP contribution in [-0.4, -0.2) is 32.5 Å². The zero-order chi connectivity index (χ0) is 15.2. The lowest BCUT2D eigenvalue weighted by Crippen LogP contribution is -2.35. The first kappa shape index (κ1) is 16.3. The molecule has 0 aliphatic carbocycles. The molecule has 20 heavy (non-hydrogen) atoms. The summed E-state index contributed by atoms with van der Waals surface area (Å²) in [4.78, 5) is 11.3. The van der Waals surface area contributed by atoms with Crippen LogP contribution in [-0.2, 0) is 9.53 Å². The number of nitrogens with one attached hydrogen (secondary N) is 1. The largest absolute Gasteiger partial charge is 0.573 e. The van der Waals surface area contributed by atoms with Gasteiger partial charge in [0.05, 0.1) is 6.61 Å². The summed E-state index contributed by atoms with van der Waals surface area (Å²) in [5.41, 5.74) is 5.68. The number of rotatable bonds is 7. The Morgan fingerprint density at radius 2 is 1.95 bits per heavy atom. The van der Waals surface area contributed by atoms with E-state index in [4.69, 9.17) is 10.5 Å². The molecular weight excluding hydrogens is 277 g/mol. The van der Waals surface area contributed by atoms with E-state index in [9.17, 15) is 18.0 Å². The molecule has 8 heteroatoms. The minimum Gasteiger partial charge on any atom is -0.406 e. The number of hydrogen-bond acceptors (Lipinski definition) is 4. The highest BCUT2D eigenvalue weighted by molar-refractivity contribution is 5.81. The van der Waals surface area contributed by atoms with Crippen molar-refractivity contribution in [2.24, 2.45) is 5.73 Å². The van der Waals surface area contributed by atoms with Crippen LogP contribution in [0.5, 0.6) is 5.75 Å². The van der Waals surface area contributed by atoms with E-state index >= 15 is 0 Å². The standard InChI is InChI=1S/C12H15F3N2O3/c1-19-7-6-17-10(11(16)18)8-2-4-9(5-3-8)20-12(13,14)15/h2-5,10,17H,6-7H2,1H3,(H2,16,18). The quantitative estimate of drug-likeness (QED) is 0.744. The number of methoxy groups -OCH3 is 1. The molecule has 3 N–H and O–H groups in total. The summed E-state index contributed by atoms with van der Waals surface area (Å²) < 4.78 is 44.6. The van der Waals surface area contributed by atoms with Crippen LogP contribution in [0.4, 0.5) is 13.2 Å². The van der Waals surface area contributed by atoms with Crippen molar-refractivity contribution in [3.8, 4) is 5.75 Å². The lowest BCUT2D eigenvalue weighted by molar-refractivity contribution is -0.274. The molecule has 0 aliphatic rings. The Kier molecular flexibility index (Phi) is 5.78. The number of ether oxygens (including phenoxy) is 2. The van der Waals surface area contributed by atoms with E-state index < -0.39 is 18.3 Å². The van der Waals surface area contributed by atoms with Gasteiger partial charge in [0.15, 0.2) is 0 Å². The molecule has 1 unspecified atom stereocenters. The Bertz CT molecular complexity index is 435. The summed E-state index contributed by atoms with van der Waals surface area (Å²) in [6.07, 6.45) is -4.75. The summed E-state index contributed by atoms with van der Waals surface area (Å²) >= 11 is 0. The second-order valence-electron chi connectivity index (χ2n) is 3.90. The highest BCUT2D eigenvalue weighted by atomic mass is 19.4. The Morgan fingerprint density at radius 1 is 1.35 bits per heavy atom. The van der Waals surface area contributed by atoms with Crippen molar-refractivity contribution in [3.63, 3.8) is 0 Å². The second-order valence-corrected chi connectivity index (χ2v) is 3.90. The number of primary amides is 1. The first-order valence-electron chi connectivity index (χ1n) is 5.71. The maximum atomic E-state index is 12.0. The lowest BCUT2D eigenvalue weighted by atomic mass is 10.1. The molecule has 0 saturated carbocycles. The van der Waals surface area contributed by atoms with E-state index in [0.29, 0.717) is 18.7 Å². The van der Waals surface area contributed by atoms with Crippen LogP contribution in [0.2, 0.25) is 0 Å². The molecule has 0 spiro atoms. The summed E-state index contributed by atoms with van der Waals surface area (Å²) in [5.74, 6) is -0.994. The Hall–Kier alpha value is -1.80. The molecule has 0 bridgehead atoms. The molecule has 0 aromatic heterocycles. The number of amides is 1.